The van der Waals surface area contributed by atoms with Gasteiger partial charge in [0.05, 0.1) is 23.7 Å². The number of hydrogen-bond donors (Lipinski definition) is 3. The van der Waals surface area contributed by atoms with E-state index in [9.17, 15) is 14.4 Å². The van der Waals surface area contributed by atoms with Crippen molar-refractivity contribution < 1.29 is 23.9 Å². The molecule has 2 aromatic rings. The van der Waals surface area contributed by atoms with Gasteiger partial charge in [0.1, 0.15) is 11.4 Å². The van der Waals surface area contributed by atoms with Gasteiger partial charge in [-0.15, -0.1) is 11.8 Å². The molecule has 9 heteroatoms. The molecule has 0 fully saturated rings. The second kappa shape index (κ2) is 9.30. The Hall–Kier alpha value is -3.20. The smallest absolute Gasteiger partial charge is 0.412 e. The van der Waals surface area contributed by atoms with E-state index in [1.54, 1.807) is 39.0 Å². The topological polar surface area (TPSA) is 106 Å². The molecular formula is C22H25N3O5S. The Morgan fingerprint density at radius 1 is 1.13 bits per heavy atom. The fourth-order valence-corrected chi connectivity index (χ4v) is 4.01. The first-order chi connectivity index (χ1) is 14.6. The van der Waals surface area contributed by atoms with E-state index in [1.165, 1.54) is 18.9 Å². The molecule has 3 amide bonds. The molecule has 1 unspecified atom stereocenters. The van der Waals surface area contributed by atoms with Gasteiger partial charge in [0, 0.05) is 17.0 Å². The molecule has 0 aliphatic carbocycles. The zero-order valence-corrected chi connectivity index (χ0v) is 18.6. The summed E-state index contributed by atoms with van der Waals surface area (Å²) in [7, 11) is 1.48. The van der Waals surface area contributed by atoms with Gasteiger partial charge in [0.2, 0.25) is 11.8 Å². The standard InChI is InChI=1S/C22H25N3O5S/c1-22(2,3)30-21(28)25-15-11-13(9-10-16(15)29-4)23-19(26)12-18-20(27)24-14-7-5-6-8-17(14)31-18/h5-11,18H,12H2,1-4H3,(H,23,26)(H,24,27)(H,25,28). The van der Waals surface area contributed by atoms with E-state index in [4.69, 9.17) is 9.47 Å². The zero-order chi connectivity index (χ0) is 22.6. The molecule has 0 saturated carbocycles. The number of anilines is 3. The Morgan fingerprint density at radius 2 is 1.87 bits per heavy atom. The Bertz CT molecular complexity index is 1000. The van der Waals surface area contributed by atoms with Gasteiger partial charge in [-0.05, 0) is 51.1 Å². The van der Waals surface area contributed by atoms with Crippen LogP contribution in [0.2, 0.25) is 0 Å². The highest BCUT2D eigenvalue weighted by Gasteiger charge is 2.29. The first-order valence-corrected chi connectivity index (χ1v) is 10.6. The molecule has 1 atom stereocenters. The van der Waals surface area contributed by atoms with Gasteiger partial charge in [0.25, 0.3) is 0 Å². The van der Waals surface area contributed by atoms with Gasteiger partial charge < -0.3 is 20.1 Å². The lowest BCUT2D eigenvalue weighted by atomic mass is 10.2. The van der Waals surface area contributed by atoms with E-state index in [2.05, 4.69) is 16.0 Å². The molecular weight excluding hydrogens is 418 g/mol. The van der Waals surface area contributed by atoms with Crippen molar-refractivity contribution in [2.45, 2.75) is 42.9 Å². The van der Waals surface area contributed by atoms with Crippen LogP contribution < -0.4 is 20.7 Å². The van der Waals surface area contributed by atoms with Crippen LogP contribution in [0.25, 0.3) is 0 Å². The maximum Gasteiger partial charge on any atom is 0.412 e. The summed E-state index contributed by atoms with van der Waals surface area (Å²) in [5.41, 5.74) is 0.911. The van der Waals surface area contributed by atoms with Gasteiger partial charge in [-0.3, -0.25) is 14.9 Å². The highest BCUT2D eigenvalue weighted by atomic mass is 32.2. The Morgan fingerprint density at radius 3 is 2.58 bits per heavy atom. The van der Waals surface area contributed by atoms with Crippen LogP contribution in [-0.4, -0.2) is 35.9 Å². The van der Waals surface area contributed by atoms with Crippen LogP contribution >= 0.6 is 11.8 Å². The minimum Gasteiger partial charge on any atom is -0.495 e. The molecule has 0 bridgehead atoms. The van der Waals surface area contributed by atoms with E-state index < -0.39 is 16.9 Å². The van der Waals surface area contributed by atoms with Crippen molar-refractivity contribution in [2.75, 3.05) is 23.1 Å². The largest absolute Gasteiger partial charge is 0.495 e. The second-order valence-corrected chi connectivity index (χ2v) is 9.13. The minimum absolute atomic E-state index is 0.00565. The van der Waals surface area contributed by atoms with Crippen LogP contribution in [0.3, 0.4) is 0 Å². The molecule has 0 saturated heterocycles. The van der Waals surface area contributed by atoms with Gasteiger partial charge in [0.15, 0.2) is 0 Å². The first-order valence-electron chi connectivity index (χ1n) is 9.69. The zero-order valence-electron chi connectivity index (χ0n) is 17.8. The Balaban J connectivity index is 1.66. The van der Waals surface area contributed by atoms with Gasteiger partial charge in [-0.1, -0.05) is 12.1 Å². The van der Waals surface area contributed by atoms with Crippen molar-refractivity contribution >= 4 is 46.7 Å². The van der Waals surface area contributed by atoms with Crippen LogP contribution in [0.4, 0.5) is 21.9 Å². The second-order valence-electron chi connectivity index (χ2n) is 7.89. The summed E-state index contributed by atoms with van der Waals surface area (Å²) in [6.45, 7) is 5.29. The van der Waals surface area contributed by atoms with Gasteiger partial charge >= 0.3 is 6.09 Å². The van der Waals surface area contributed by atoms with E-state index in [0.29, 0.717) is 17.1 Å². The summed E-state index contributed by atoms with van der Waals surface area (Å²) < 4.78 is 10.5. The third-order valence-electron chi connectivity index (χ3n) is 4.20. The number of para-hydroxylation sites is 1. The molecule has 164 valence electrons. The van der Waals surface area contributed by atoms with Crippen LogP contribution in [0.1, 0.15) is 27.2 Å². The molecule has 1 heterocycles. The molecule has 31 heavy (non-hydrogen) atoms. The number of rotatable bonds is 5. The first kappa shape index (κ1) is 22.5. The number of hydrogen-bond acceptors (Lipinski definition) is 6. The third-order valence-corrected chi connectivity index (χ3v) is 5.47. The summed E-state index contributed by atoms with van der Waals surface area (Å²) in [5.74, 6) is -0.107. The summed E-state index contributed by atoms with van der Waals surface area (Å²) in [5, 5.41) is 7.68. The number of thioether (sulfide) groups is 1. The Kier molecular flexibility index (Phi) is 6.74. The fraction of sp³-hybridized carbons (Fsp3) is 0.318. The quantitative estimate of drug-likeness (QED) is 0.629. The summed E-state index contributed by atoms with van der Waals surface area (Å²) in [4.78, 5) is 37.9. The van der Waals surface area contributed by atoms with E-state index >= 15 is 0 Å². The van der Waals surface area contributed by atoms with Crippen molar-refractivity contribution in [1.82, 2.24) is 0 Å². The molecule has 0 spiro atoms. The lowest BCUT2D eigenvalue weighted by Crippen LogP contribution is -2.32. The maximum atomic E-state index is 12.6. The number of methoxy groups -OCH3 is 1. The molecule has 3 rings (SSSR count). The number of fused-ring (bicyclic) bond motifs is 1. The predicted octanol–water partition coefficient (Wildman–Crippen LogP) is 4.48. The monoisotopic (exact) mass is 443 g/mol. The number of amides is 3. The average molecular weight is 444 g/mol. The average Bonchev–Trinajstić information content (AvgIpc) is 2.67. The number of carbonyl (C=O) groups is 3. The third kappa shape index (κ3) is 6.14. The maximum absolute atomic E-state index is 12.6. The fourth-order valence-electron chi connectivity index (χ4n) is 2.90. The van der Waals surface area contributed by atoms with Gasteiger partial charge in [-0.25, -0.2) is 4.79 Å². The van der Waals surface area contributed by atoms with Crippen molar-refractivity contribution in [3.63, 3.8) is 0 Å². The lowest BCUT2D eigenvalue weighted by Gasteiger charge is -2.23. The molecule has 8 nitrogen and oxygen atoms in total. The molecule has 0 aromatic heterocycles. The number of nitrogens with one attached hydrogen (secondary N) is 3. The van der Waals surface area contributed by atoms with Crippen molar-refractivity contribution in [3.8, 4) is 5.75 Å². The van der Waals surface area contributed by atoms with Crippen LogP contribution in [0, 0.1) is 0 Å². The van der Waals surface area contributed by atoms with Gasteiger partial charge in [-0.2, -0.15) is 0 Å². The molecule has 2 aromatic carbocycles. The molecule has 1 aliphatic heterocycles. The van der Waals surface area contributed by atoms with Crippen LogP contribution in [0.15, 0.2) is 47.4 Å². The normalized spacial score (nSPS) is 15.4. The number of benzene rings is 2. The predicted molar refractivity (Wildman–Crippen MR) is 121 cm³/mol. The van der Waals surface area contributed by atoms with Crippen LogP contribution in [-0.2, 0) is 14.3 Å². The number of carbonyl (C=O) groups excluding carboxylic acids is 3. The molecule has 1 aliphatic rings. The molecule has 0 radical (unpaired) electrons. The number of ether oxygens (including phenoxy) is 2. The minimum atomic E-state index is -0.653. The lowest BCUT2D eigenvalue weighted by molar-refractivity contribution is -0.120. The van der Waals surface area contributed by atoms with Crippen molar-refractivity contribution in [1.29, 1.82) is 0 Å². The highest BCUT2D eigenvalue weighted by Crippen LogP contribution is 2.37. The summed E-state index contributed by atoms with van der Waals surface area (Å²) >= 11 is 1.36. The van der Waals surface area contributed by atoms with E-state index in [1.807, 2.05) is 24.3 Å². The highest BCUT2D eigenvalue weighted by molar-refractivity contribution is 8.01. The SMILES string of the molecule is COc1ccc(NC(=O)CC2Sc3ccccc3NC2=O)cc1NC(=O)OC(C)(C)C. The van der Waals surface area contributed by atoms with Crippen LogP contribution in [0.5, 0.6) is 5.75 Å². The Labute approximate surface area is 185 Å². The van der Waals surface area contributed by atoms with E-state index in [0.717, 1.165) is 10.6 Å². The summed E-state index contributed by atoms with van der Waals surface area (Å²) in [6.07, 6.45) is -0.630. The molecule has 3 N–H and O–H groups in total. The van der Waals surface area contributed by atoms with E-state index in [-0.39, 0.29) is 18.2 Å². The van der Waals surface area contributed by atoms with Crippen molar-refractivity contribution in [2.24, 2.45) is 0 Å². The van der Waals surface area contributed by atoms with Crippen molar-refractivity contribution in [3.05, 3.63) is 42.5 Å². The summed E-state index contributed by atoms with van der Waals surface area (Å²) in [6, 6.07) is 12.3.